The number of pyridine rings is 1. The predicted octanol–water partition coefficient (Wildman–Crippen LogP) is 3.88. The van der Waals surface area contributed by atoms with Gasteiger partial charge in [0.15, 0.2) is 0 Å². The van der Waals surface area contributed by atoms with Crippen molar-refractivity contribution in [2.45, 2.75) is 25.9 Å². The van der Waals surface area contributed by atoms with Gasteiger partial charge in [0.2, 0.25) is 0 Å². The zero-order valence-corrected chi connectivity index (χ0v) is 14.1. The van der Waals surface area contributed by atoms with Crippen LogP contribution in [0.2, 0.25) is 0 Å². The molecule has 0 aliphatic rings. The SMILES string of the molecule is CCCCNC(=O)c1cccc(C(=O)Nc2cccc(C(F)(F)F)c2)n1. The highest BCUT2D eigenvalue weighted by Gasteiger charge is 2.30. The van der Waals surface area contributed by atoms with E-state index in [4.69, 9.17) is 0 Å². The zero-order valence-electron chi connectivity index (χ0n) is 14.1. The van der Waals surface area contributed by atoms with Crippen molar-refractivity contribution in [3.8, 4) is 0 Å². The Morgan fingerprint density at radius 1 is 1.04 bits per heavy atom. The molecule has 0 saturated heterocycles. The van der Waals surface area contributed by atoms with Crippen LogP contribution in [0.4, 0.5) is 18.9 Å². The summed E-state index contributed by atoms with van der Waals surface area (Å²) in [5, 5.41) is 5.04. The molecule has 2 aromatic rings. The van der Waals surface area contributed by atoms with Gasteiger partial charge < -0.3 is 10.6 Å². The lowest BCUT2D eigenvalue weighted by atomic mass is 10.2. The summed E-state index contributed by atoms with van der Waals surface area (Å²) in [7, 11) is 0. The summed E-state index contributed by atoms with van der Waals surface area (Å²) in [6.45, 7) is 2.49. The van der Waals surface area contributed by atoms with Gasteiger partial charge in [0.25, 0.3) is 11.8 Å². The third-order valence-electron chi connectivity index (χ3n) is 3.48. The molecule has 0 aliphatic heterocycles. The number of alkyl halides is 3. The zero-order chi connectivity index (χ0) is 19.2. The number of amides is 2. The van der Waals surface area contributed by atoms with Crippen LogP contribution in [0.3, 0.4) is 0 Å². The fraction of sp³-hybridized carbons (Fsp3) is 0.278. The molecule has 1 aromatic heterocycles. The molecule has 26 heavy (non-hydrogen) atoms. The maximum Gasteiger partial charge on any atom is 0.416 e. The summed E-state index contributed by atoms with van der Waals surface area (Å²) in [5.74, 6) is -1.11. The van der Waals surface area contributed by atoms with Crippen LogP contribution >= 0.6 is 0 Å². The highest BCUT2D eigenvalue weighted by atomic mass is 19.4. The molecule has 0 radical (unpaired) electrons. The van der Waals surface area contributed by atoms with Crippen molar-refractivity contribution in [2.75, 3.05) is 11.9 Å². The minimum atomic E-state index is -4.50. The number of halogens is 3. The number of aromatic nitrogens is 1. The molecular formula is C18H18F3N3O2. The number of hydrogen-bond acceptors (Lipinski definition) is 3. The van der Waals surface area contributed by atoms with Gasteiger partial charge in [-0.2, -0.15) is 13.2 Å². The molecule has 0 atom stereocenters. The van der Waals surface area contributed by atoms with Crippen molar-refractivity contribution < 1.29 is 22.8 Å². The van der Waals surface area contributed by atoms with E-state index in [9.17, 15) is 22.8 Å². The van der Waals surface area contributed by atoms with Gasteiger partial charge in [0.05, 0.1) is 5.56 Å². The molecule has 5 nitrogen and oxygen atoms in total. The largest absolute Gasteiger partial charge is 0.416 e. The lowest BCUT2D eigenvalue weighted by Gasteiger charge is -2.10. The van der Waals surface area contributed by atoms with Gasteiger partial charge in [-0.1, -0.05) is 25.5 Å². The van der Waals surface area contributed by atoms with Crippen molar-refractivity contribution in [1.82, 2.24) is 10.3 Å². The monoisotopic (exact) mass is 365 g/mol. The quantitative estimate of drug-likeness (QED) is 0.763. The van der Waals surface area contributed by atoms with E-state index in [1.807, 2.05) is 6.92 Å². The van der Waals surface area contributed by atoms with E-state index in [-0.39, 0.29) is 17.1 Å². The van der Waals surface area contributed by atoms with Crippen LogP contribution in [0, 0.1) is 0 Å². The number of carbonyl (C=O) groups excluding carboxylic acids is 2. The van der Waals surface area contributed by atoms with E-state index < -0.39 is 23.6 Å². The van der Waals surface area contributed by atoms with E-state index in [1.54, 1.807) is 0 Å². The number of rotatable bonds is 6. The predicted molar refractivity (Wildman–Crippen MR) is 90.9 cm³/mol. The van der Waals surface area contributed by atoms with Gasteiger partial charge in [-0.3, -0.25) is 9.59 Å². The van der Waals surface area contributed by atoms with Crippen LogP contribution in [-0.4, -0.2) is 23.3 Å². The molecular weight excluding hydrogens is 347 g/mol. The van der Waals surface area contributed by atoms with Gasteiger partial charge >= 0.3 is 6.18 Å². The standard InChI is InChI=1S/C18H18F3N3O2/c1-2-3-10-22-16(25)14-8-5-9-15(24-14)17(26)23-13-7-4-6-12(11-13)18(19,20)21/h4-9,11H,2-3,10H2,1H3,(H,22,25)(H,23,26). The Morgan fingerprint density at radius 2 is 1.69 bits per heavy atom. The van der Waals surface area contributed by atoms with Gasteiger partial charge in [-0.15, -0.1) is 0 Å². The van der Waals surface area contributed by atoms with E-state index in [0.717, 1.165) is 25.0 Å². The van der Waals surface area contributed by atoms with E-state index in [0.29, 0.717) is 6.54 Å². The van der Waals surface area contributed by atoms with E-state index >= 15 is 0 Å². The first kappa shape index (κ1) is 19.4. The van der Waals surface area contributed by atoms with Crippen LogP contribution in [0.1, 0.15) is 46.3 Å². The summed E-state index contributed by atoms with van der Waals surface area (Å²) >= 11 is 0. The smallest absolute Gasteiger partial charge is 0.351 e. The Morgan fingerprint density at radius 3 is 2.35 bits per heavy atom. The lowest BCUT2D eigenvalue weighted by Crippen LogP contribution is -2.26. The topological polar surface area (TPSA) is 71.1 Å². The Bertz CT molecular complexity index is 791. The molecule has 8 heteroatoms. The van der Waals surface area contributed by atoms with Gasteiger partial charge in [0.1, 0.15) is 11.4 Å². The first-order valence-electron chi connectivity index (χ1n) is 8.05. The minimum absolute atomic E-state index is 0.00979. The van der Waals surface area contributed by atoms with Crippen molar-refractivity contribution in [2.24, 2.45) is 0 Å². The Hall–Kier alpha value is -2.90. The Labute approximate surface area is 148 Å². The van der Waals surface area contributed by atoms with Crippen LogP contribution < -0.4 is 10.6 Å². The highest BCUT2D eigenvalue weighted by molar-refractivity contribution is 6.03. The van der Waals surface area contributed by atoms with E-state index in [1.165, 1.54) is 30.3 Å². The number of benzene rings is 1. The summed E-state index contributed by atoms with van der Waals surface area (Å²) in [6, 6.07) is 8.61. The highest BCUT2D eigenvalue weighted by Crippen LogP contribution is 2.30. The maximum atomic E-state index is 12.7. The summed E-state index contributed by atoms with van der Waals surface area (Å²) < 4.78 is 38.2. The number of hydrogen-bond donors (Lipinski definition) is 2. The lowest BCUT2D eigenvalue weighted by molar-refractivity contribution is -0.137. The second kappa shape index (κ2) is 8.46. The second-order valence-electron chi connectivity index (χ2n) is 5.55. The molecule has 0 unspecified atom stereocenters. The van der Waals surface area contributed by atoms with Crippen molar-refractivity contribution >= 4 is 17.5 Å². The average Bonchev–Trinajstić information content (AvgIpc) is 2.61. The fourth-order valence-corrected chi connectivity index (χ4v) is 2.13. The average molecular weight is 365 g/mol. The first-order valence-corrected chi connectivity index (χ1v) is 8.05. The van der Waals surface area contributed by atoms with Crippen LogP contribution in [0.15, 0.2) is 42.5 Å². The molecule has 0 aliphatic carbocycles. The molecule has 0 fully saturated rings. The minimum Gasteiger partial charge on any atom is -0.351 e. The molecule has 2 N–H and O–H groups in total. The number of carbonyl (C=O) groups is 2. The molecule has 0 bridgehead atoms. The first-order chi connectivity index (χ1) is 12.3. The summed E-state index contributed by atoms with van der Waals surface area (Å²) in [5.41, 5.74) is -0.875. The van der Waals surface area contributed by atoms with Crippen molar-refractivity contribution in [3.05, 3.63) is 59.4 Å². The molecule has 1 heterocycles. The summed E-state index contributed by atoms with van der Waals surface area (Å²) in [4.78, 5) is 28.2. The number of nitrogens with one attached hydrogen (secondary N) is 2. The fourth-order valence-electron chi connectivity index (χ4n) is 2.13. The van der Waals surface area contributed by atoms with Crippen molar-refractivity contribution in [1.29, 1.82) is 0 Å². The number of unbranched alkanes of at least 4 members (excludes halogenated alkanes) is 1. The van der Waals surface area contributed by atoms with Gasteiger partial charge in [0, 0.05) is 12.2 Å². The third-order valence-corrected chi connectivity index (χ3v) is 3.48. The normalized spacial score (nSPS) is 11.1. The molecule has 2 rings (SSSR count). The maximum absolute atomic E-state index is 12.7. The second-order valence-corrected chi connectivity index (χ2v) is 5.55. The third kappa shape index (κ3) is 5.30. The molecule has 0 saturated carbocycles. The van der Waals surface area contributed by atoms with Crippen LogP contribution in [-0.2, 0) is 6.18 Å². The van der Waals surface area contributed by atoms with Crippen molar-refractivity contribution in [3.63, 3.8) is 0 Å². The molecule has 2 amide bonds. The van der Waals surface area contributed by atoms with Crippen LogP contribution in [0.25, 0.3) is 0 Å². The number of nitrogens with zero attached hydrogens (tertiary/aromatic N) is 1. The Balaban J connectivity index is 2.11. The molecule has 1 aromatic carbocycles. The number of anilines is 1. The molecule has 0 spiro atoms. The van der Waals surface area contributed by atoms with Gasteiger partial charge in [-0.05, 0) is 36.8 Å². The van der Waals surface area contributed by atoms with Gasteiger partial charge in [-0.25, -0.2) is 4.98 Å². The molecule has 138 valence electrons. The Kier molecular flexibility index (Phi) is 6.32. The van der Waals surface area contributed by atoms with E-state index in [2.05, 4.69) is 15.6 Å². The summed E-state index contributed by atoms with van der Waals surface area (Å²) in [6.07, 6.45) is -2.76. The van der Waals surface area contributed by atoms with Crippen LogP contribution in [0.5, 0.6) is 0 Å².